The van der Waals surface area contributed by atoms with Gasteiger partial charge in [0.2, 0.25) is 0 Å². The third kappa shape index (κ3) is 2.54. The van der Waals surface area contributed by atoms with Gasteiger partial charge in [0.25, 0.3) is 0 Å². The van der Waals surface area contributed by atoms with E-state index in [0.717, 1.165) is 27.8 Å². The maximum atomic E-state index is 9.29. The van der Waals surface area contributed by atoms with Gasteiger partial charge in [-0.15, -0.1) is 0 Å². The molecule has 0 bridgehead atoms. The Kier molecular flexibility index (Phi) is 3.25. The van der Waals surface area contributed by atoms with Gasteiger partial charge in [0.1, 0.15) is 11.9 Å². The zero-order chi connectivity index (χ0) is 14.8. The summed E-state index contributed by atoms with van der Waals surface area (Å²) in [5, 5.41) is 13.5. The number of hydrogen-bond acceptors (Lipinski definition) is 4. The Morgan fingerprint density at radius 1 is 1.14 bits per heavy atom. The van der Waals surface area contributed by atoms with Crippen LogP contribution in [-0.4, -0.2) is 9.97 Å². The van der Waals surface area contributed by atoms with E-state index in [4.69, 9.17) is 0 Å². The summed E-state index contributed by atoms with van der Waals surface area (Å²) >= 11 is 0. The van der Waals surface area contributed by atoms with Crippen LogP contribution in [0.3, 0.4) is 0 Å². The van der Waals surface area contributed by atoms with Crippen molar-refractivity contribution in [2.45, 2.75) is 13.8 Å². The lowest BCUT2D eigenvalue weighted by molar-refractivity contribution is 1.16. The molecule has 0 spiro atoms. The van der Waals surface area contributed by atoms with E-state index in [2.05, 4.69) is 21.4 Å². The van der Waals surface area contributed by atoms with Crippen LogP contribution >= 0.6 is 0 Å². The average molecular weight is 274 g/mol. The van der Waals surface area contributed by atoms with Gasteiger partial charge in [-0.2, -0.15) is 5.26 Å². The number of nitrogens with zero attached hydrogens (tertiary/aromatic N) is 3. The van der Waals surface area contributed by atoms with Crippen LogP contribution < -0.4 is 5.32 Å². The van der Waals surface area contributed by atoms with E-state index in [-0.39, 0.29) is 0 Å². The van der Waals surface area contributed by atoms with E-state index in [1.165, 1.54) is 0 Å². The summed E-state index contributed by atoms with van der Waals surface area (Å²) in [5.41, 5.74) is 4.12. The van der Waals surface area contributed by atoms with Crippen LogP contribution in [0.5, 0.6) is 0 Å². The molecule has 21 heavy (non-hydrogen) atoms. The molecule has 0 radical (unpaired) electrons. The zero-order valence-electron chi connectivity index (χ0n) is 11.9. The van der Waals surface area contributed by atoms with Gasteiger partial charge in [-0.25, -0.2) is 4.98 Å². The van der Waals surface area contributed by atoms with E-state index in [1.54, 1.807) is 6.20 Å². The molecule has 2 heterocycles. The molecule has 0 saturated carbocycles. The molecule has 0 atom stereocenters. The van der Waals surface area contributed by atoms with Gasteiger partial charge in [0.05, 0.1) is 23.0 Å². The Balaban J connectivity index is 2.04. The molecular weight excluding hydrogens is 260 g/mol. The minimum absolute atomic E-state index is 0.564. The standard InChI is InChI=1S/C17H14N4/c1-11-7-12(2)20-17(15(11)9-18)21-14-8-13-5-3-4-6-16(13)19-10-14/h3-8,10H,1-2H3,(H,20,21). The molecule has 0 saturated heterocycles. The second-order valence-corrected chi connectivity index (χ2v) is 4.96. The fourth-order valence-electron chi connectivity index (χ4n) is 2.34. The first-order chi connectivity index (χ1) is 10.2. The quantitative estimate of drug-likeness (QED) is 0.770. The molecule has 0 aliphatic rings. The van der Waals surface area contributed by atoms with Crippen LogP contribution in [0, 0.1) is 25.2 Å². The van der Waals surface area contributed by atoms with E-state index >= 15 is 0 Å². The predicted molar refractivity (Wildman–Crippen MR) is 83.5 cm³/mol. The molecule has 102 valence electrons. The Hall–Kier alpha value is -2.93. The van der Waals surface area contributed by atoms with Crippen LogP contribution in [-0.2, 0) is 0 Å². The highest BCUT2D eigenvalue weighted by Gasteiger charge is 2.09. The Labute approximate surface area is 123 Å². The van der Waals surface area contributed by atoms with Crippen molar-refractivity contribution in [3.63, 3.8) is 0 Å². The molecule has 0 aliphatic carbocycles. The minimum atomic E-state index is 0.564. The summed E-state index contributed by atoms with van der Waals surface area (Å²) < 4.78 is 0. The highest BCUT2D eigenvalue weighted by atomic mass is 15.0. The fourth-order valence-corrected chi connectivity index (χ4v) is 2.34. The normalized spacial score (nSPS) is 10.3. The maximum absolute atomic E-state index is 9.29. The second kappa shape index (κ2) is 5.22. The molecular formula is C17H14N4. The number of rotatable bonds is 2. The summed E-state index contributed by atoms with van der Waals surface area (Å²) in [6.07, 6.45) is 1.75. The molecule has 4 nitrogen and oxygen atoms in total. The van der Waals surface area contributed by atoms with E-state index in [9.17, 15) is 5.26 Å². The summed E-state index contributed by atoms with van der Waals surface area (Å²) in [5.74, 6) is 0.576. The Morgan fingerprint density at radius 3 is 2.76 bits per heavy atom. The number of fused-ring (bicyclic) bond motifs is 1. The third-order valence-electron chi connectivity index (χ3n) is 3.31. The van der Waals surface area contributed by atoms with Crippen molar-refractivity contribution in [1.29, 1.82) is 5.26 Å². The van der Waals surface area contributed by atoms with Crippen molar-refractivity contribution in [2.24, 2.45) is 0 Å². The fraction of sp³-hybridized carbons (Fsp3) is 0.118. The van der Waals surface area contributed by atoms with Crippen molar-refractivity contribution in [3.05, 3.63) is 59.4 Å². The van der Waals surface area contributed by atoms with Crippen molar-refractivity contribution >= 4 is 22.4 Å². The van der Waals surface area contributed by atoms with E-state index < -0.39 is 0 Å². The minimum Gasteiger partial charge on any atom is -0.338 e. The summed E-state index contributed by atoms with van der Waals surface area (Å²) in [7, 11) is 0. The molecule has 0 fully saturated rings. The number of aryl methyl sites for hydroxylation is 2. The monoisotopic (exact) mass is 274 g/mol. The first-order valence-corrected chi connectivity index (χ1v) is 6.67. The SMILES string of the molecule is Cc1cc(C)c(C#N)c(Nc2cnc3ccccc3c2)n1. The van der Waals surface area contributed by atoms with Crippen molar-refractivity contribution < 1.29 is 0 Å². The van der Waals surface area contributed by atoms with Crippen LogP contribution in [0.1, 0.15) is 16.8 Å². The van der Waals surface area contributed by atoms with Gasteiger partial charge >= 0.3 is 0 Å². The van der Waals surface area contributed by atoms with Crippen molar-refractivity contribution in [3.8, 4) is 6.07 Å². The number of nitrogens with one attached hydrogen (secondary N) is 1. The molecule has 3 rings (SSSR count). The van der Waals surface area contributed by atoms with Gasteiger partial charge < -0.3 is 5.32 Å². The number of aromatic nitrogens is 2. The van der Waals surface area contributed by atoms with Crippen LogP contribution in [0.15, 0.2) is 42.6 Å². The van der Waals surface area contributed by atoms with Gasteiger partial charge in [0, 0.05) is 11.1 Å². The number of anilines is 2. The highest BCUT2D eigenvalue weighted by Crippen LogP contribution is 2.23. The Bertz CT molecular complexity index is 862. The number of benzene rings is 1. The van der Waals surface area contributed by atoms with E-state index in [1.807, 2.05) is 50.2 Å². The highest BCUT2D eigenvalue weighted by molar-refractivity contribution is 5.82. The van der Waals surface area contributed by atoms with Crippen LogP contribution in [0.4, 0.5) is 11.5 Å². The molecule has 0 unspecified atom stereocenters. The molecule has 1 aromatic carbocycles. The van der Waals surface area contributed by atoms with Gasteiger partial charge in [-0.3, -0.25) is 4.98 Å². The van der Waals surface area contributed by atoms with Crippen LogP contribution in [0.25, 0.3) is 10.9 Å². The van der Waals surface area contributed by atoms with E-state index in [0.29, 0.717) is 11.4 Å². The molecule has 3 aromatic rings. The molecule has 0 amide bonds. The van der Waals surface area contributed by atoms with Crippen molar-refractivity contribution in [2.75, 3.05) is 5.32 Å². The molecule has 0 aliphatic heterocycles. The number of pyridine rings is 2. The predicted octanol–water partition coefficient (Wildman–Crippen LogP) is 3.86. The van der Waals surface area contributed by atoms with Gasteiger partial charge in [-0.05, 0) is 37.6 Å². The van der Waals surface area contributed by atoms with Gasteiger partial charge in [0.15, 0.2) is 0 Å². The second-order valence-electron chi connectivity index (χ2n) is 4.96. The largest absolute Gasteiger partial charge is 0.338 e. The number of para-hydroxylation sites is 1. The average Bonchev–Trinajstić information content (AvgIpc) is 2.47. The first kappa shape index (κ1) is 13.1. The maximum Gasteiger partial charge on any atom is 0.148 e. The van der Waals surface area contributed by atoms with Crippen molar-refractivity contribution in [1.82, 2.24) is 9.97 Å². The third-order valence-corrected chi connectivity index (χ3v) is 3.31. The molecule has 4 heteroatoms. The Morgan fingerprint density at radius 2 is 1.95 bits per heavy atom. The zero-order valence-corrected chi connectivity index (χ0v) is 11.9. The summed E-state index contributed by atoms with van der Waals surface area (Å²) in [6, 6.07) is 14.0. The lowest BCUT2D eigenvalue weighted by atomic mass is 10.1. The van der Waals surface area contributed by atoms with Gasteiger partial charge in [-0.1, -0.05) is 18.2 Å². The molecule has 1 N–H and O–H groups in total. The number of hydrogen-bond donors (Lipinski definition) is 1. The topological polar surface area (TPSA) is 61.6 Å². The lowest BCUT2D eigenvalue weighted by Gasteiger charge is -2.10. The molecule has 2 aromatic heterocycles. The smallest absolute Gasteiger partial charge is 0.148 e. The lowest BCUT2D eigenvalue weighted by Crippen LogP contribution is -2.01. The number of nitriles is 1. The van der Waals surface area contributed by atoms with Crippen LogP contribution in [0.2, 0.25) is 0 Å². The summed E-state index contributed by atoms with van der Waals surface area (Å²) in [6.45, 7) is 3.83. The first-order valence-electron chi connectivity index (χ1n) is 6.67. The summed E-state index contributed by atoms with van der Waals surface area (Å²) in [4.78, 5) is 8.82.